The first-order chi connectivity index (χ1) is 7.27. The Morgan fingerprint density at radius 3 is 1.80 bits per heavy atom. The minimum absolute atomic E-state index is 0.00981. The van der Waals surface area contributed by atoms with Gasteiger partial charge in [0.15, 0.2) is 5.78 Å². The van der Waals surface area contributed by atoms with E-state index in [1.807, 2.05) is 0 Å². The topological polar surface area (TPSA) is 30.0 Å². The molecule has 3 rings (SSSR count). The molecule has 0 radical (unpaired) electrons. The highest BCUT2D eigenvalue weighted by Crippen LogP contribution is 2.29. The van der Waals surface area contributed by atoms with Gasteiger partial charge in [-0.2, -0.15) is 0 Å². The van der Waals surface area contributed by atoms with E-state index >= 15 is 0 Å². The molecule has 0 fully saturated rings. The zero-order valence-corrected chi connectivity index (χ0v) is 8.47. The monoisotopic (exact) mass is 197 g/mol. The van der Waals surface area contributed by atoms with E-state index in [1.165, 1.54) is 18.1 Å². The molecule has 74 valence electrons. The van der Waals surface area contributed by atoms with E-state index in [0.717, 1.165) is 0 Å². The van der Waals surface area contributed by atoms with E-state index in [4.69, 9.17) is 0 Å². The Labute approximate surface area is 88.6 Å². The third kappa shape index (κ3) is 2.10. The van der Waals surface area contributed by atoms with Crippen molar-refractivity contribution in [2.45, 2.75) is 6.92 Å². The van der Waals surface area contributed by atoms with E-state index in [-0.39, 0.29) is 5.78 Å². The van der Waals surface area contributed by atoms with Crippen LogP contribution in [0.1, 0.15) is 17.4 Å². The highest BCUT2D eigenvalue weighted by atomic mass is 16.1. The molecule has 0 aliphatic heterocycles. The number of hydrogen-bond donors (Lipinski definition) is 0. The van der Waals surface area contributed by atoms with Gasteiger partial charge in [0.1, 0.15) is 5.69 Å². The molecular formula is C13H11NO. The molecule has 0 atom stereocenters. The fourth-order valence-corrected chi connectivity index (χ4v) is 1.23. The molecule has 1 aromatic heterocycles. The lowest BCUT2D eigenvalue weighted by Crippen LogP contribution is -1.93. The first-order valence-corrected chi connectivity index (χ1v) is 4.80. The zero-order valence-electron chi connectivity index (χ0n) is 8.47. The molecule has 2 nitrogen and oxygen atoms in total. The Bertz CT molecular complexity index is 439. The van der Waals surface area contributed by atoms with Gasteiger partial charge in [-0.05, 0) is 23.3 Å². The Hall–Kier alpha value is -1.96. The van der Waals surface area contributed by atoms with Crippen LogP contribution in [-0.4, -0.2) is 10.8 Å². The number of hydrogen-bond acceptors (Lipinski definition) is 2. The van der Waals surface area contributed by atoms with Crippen LogP contribution >= 0.6 is 0 Å². The van der Waals surface area contributed by atoms with Gasteiger partial charge in [0, 0.05) is 13.1 Å². The second kappa shape index (κ2) is 4.05. The predicted molar refractivity (Wildman–Crippen MR) is 59.7 cm³/mol. The first kappa shape index (κ1) is 9.59. The maximum absolute atomic E-state index is 10.6. The molecule has 2 aliphatic rings. The standard InChI is InChI=1S/C7H7NO.C6H4/c1-6(9)7-4-2-3-5-8-7;1-2-6-4-3-5(1)6/h2-5H,1H3;1-4H. The summed E-state index contributed by atoms with van der Waals surface area (Å²) in [4.78, 5) is 14.4. The van der Waals surface area contributed by atoms with Crippen molar-refractivity contribution in [2.24, 2.45) is 0 Å². The molecule has 0 N–H and O–H groups in total. The van der Waals surface area contributed by atoms with E-state index in [1.54, 1.807) is 24.4 Å². The number of carbonyl (C=O) groups excluding carboxylic acids is 1. The summed E-state index contributed by atoms with van der Waals surface area (Å²) in [5.74, 6) is 0.00981. The van der Waals surface area contributed by atoms with Crippen LogP contribution in [0.25, 0.3) is 11.1 Å². The van der Waals surface area contributed by atoms with Gasteiger partial charge in [-0.15, -0.1) is 0 Å². The second-order valence-electron chi connectivity index (χ2n) is 3.35. The predicted octanol–water partition coefficient (Wildman–Crippen LogP) is 2.95. The number of fused-ring (bicyclic) bond motifs is 1. The second-order valence-corrected chi connectivity index (χ2v) is 3.35. The van der Waals surface area contributed by atoms with Crippen molar-refractivity contribution in [1.82, 2.24) is 4.98 Å². The number of Topliss-reactive ketones (excluding diaryl/α,β-unsaturated/α-hetero) is 1. The molecule has 0 unspecified atom stereocenters. The molecule has 0 spiro atoms. The molecule has 0 aromatic carbocycles. The SMILES string of the molecule is CC(=O)c1ccccn1.c1cc2ccc1-2. The highest BCUT2D eigenvalue weighted by molar-refractivity contribution is 5.91. The van der Waals surface area contributed by atoms with Crippen molar-refractivity contribution in [1.29, 1.82) is 0 Å². The molecule has 15 heavy (non-hydrogen) atoms. The van der Waals surface area contributed by atoms with Crippen LogP contribution in [0.3, 0.4) is 0 Å². The maximum atomic E-state index is 10.6. The molecule has 0 amide bonds. The number of carbonyl (C=O) groups is 1. The highest BCUT2D eigenvalue weighted by Gasteiger charge is 2.03. The molecule has 1 aromatic rings. The van der Waals surface area contributed by atoms with E-state index in [0.29, 0.717) is 5.69 Å². The molecule has 0 bridgehead atoms. The molecule has 2 heteroatoms. The summed E-state index contributed by atoms with van der Waals surface area (Å²) >= 11 is 0. The van der Waals surface area contributed by atoms with Crippen LogP contribution in [0, 0.1) is 0 Å². The van der Waals surface area contributed by atoms with E-state index in [2.05, 4.69) is 29.2 Å². The van der Waals surface area contributed by atoms with Crippen LogP contribution in [0.4, 0.5) is 0 Å². The lowest BCUT2D eigenvalue weighted by molar-refractivity contribution is 0.101. The van der Waals surface area contributed by atoms with Crippen molar-refractivity contribution in [2.75, 3.05) is 0 Å². The first-order valence-electron chi connectivity index (χ1n) is 4.80. The molecular weight excluding hydrogens is 186 g/mol. The van der Waals surface area contributed by atoms with Gasteiger partial charge >= 0.3 is 0 Å². The summed E-state index contributed by atoms with van der Waals surface area (Å²) in [6.45, 7) is 1.50. The number of aromatic nitrogens is 1. The van der Waals surface area contributed by atoms with Gasteiger partial charge in [0.25, 0.3) is 0 Å². The summed E-state index contributed by atoms with van der Waals surface area (Å²) < 4.78 is 0. The van der Waals surface area contributed by atoms with Crippen LogP contribution in [0.2, 0.25) is 0 Å². The number of ketones is 1. The fraction of sp³-hybridized carbons (Fsp3) is 0.0769. The van der Waals surface area contributed by atoms with Gasteiger partial charge in [-0.1, -0.05) is 30.3 Å². The van der Waals surface area contributed by atoms with Crippen LogP contribution in [0.5, 0.6) is 0 Å². The summed E-state index contributed by atoms with van der Waals surface area (Å²) in [5, 5.41) is 0. The molecule has 0 saturated carbocycles. The Morgan fingerprint density at radius 2 is 1.60 bits per heavy atom. The average molecular weight is 197 g/mol. The summed E-state index contributed by atoms with van der Waals surface area (Å²) in [7, 11) is 0. The Kier molecular flexibility index (Phi) is 2.59. The average Bonchev–Trinajstić information content (AvgIpc) is 2.25. The van der Waals surface area contributed by atoms with Gasteiger partial charge in [-0.25, -0.2) is 0 Å². The lowest BCUT2D eigenvalue weighted by atomic mass is 9.95. The number of pyridine rings is 1. The number of rotatable bonds is 1. The number of nitrogens with zero attached hydrogens (tertiary/aromatic N) is 1. The van der Waals surface area contributed by atoms with Gasteiger partial charge < -0.3 is 0 Å². The van der Waals surface area contributed by atoms with Gasteiger partial charge in [0.05, 0.1) is 0 Å². The maximum Gasteiger partial charge on any atom is 0.178 e. The minimum Gasteiger partial charge on any atom is -0.293 e. The summed E-state index contributed by atoms with van der Waals surface area (Å²) in [5.41, 5.74) is 3.38. The van der Waals surface area contributed by atoms with E-state index < -0.39 is 0 Å². The number of benzene rings is 1. The quantitative estimate of drug-likeness (QED) is 0.561. The Morgan fingerprint density at radius 1 is 1.00 bits per heavy atom. The molecule has 2 aliphatic carbocycles. The summed E-state index contributed by atoms with van der Waals surface area (Å²) in [6, 6.07) is 13.8. The minimum atomic E-state index is 0.00981. The van der Waals surface area contributed by atoms with Gasteiger partial charge in [0.2, 0.25) is 0 Å². The van der Waals surface area contributed by atoms with Crippen molar-refractivity contribution in [3.63, 3.8) is 0 Å². The summed E-state index contributed by atoms with van der Waals surface area (Å²) in [6.07, 6.45) is 1.61. The zero-order chi connectivity index (χ0) is 10.7. The molecule has 1 heterocycles. The van der Waals surface area contributed by atoms with E-state index in [9.17, 15) is 4.79 Å². The van der Waals surface area contributed by atoms with Crippen molar-refractivity contribution in [3.8, 4) is 11.1 Å². The third-order valence-corrected chi connectivity index (χ3v) is 2.24. The van der Waals surface area contributed by atoms with Gasteiger partial charge in [-0.3, -0.25) is 9.78 Å². The van der Waals surface area contributed by atoms with Crippen molar-refractivity contribution >= 4 is 5.78 Å². The third-order valence-electron chi connectivity index (χ3n) is 2.24. The Balaban J connectivity index is 0.000000121. The van der Waals surface area contributed by atoms with Crippen molar-refractivity contribution < 1.29 is 4.79 Å². The van der Waals surface area contributed by atoms with Crippen LogP contribution in [-0.2, 0) is 0 Å². The van der Waals surface area contributed by atoms with Crippen molar-refractivity contribution in [3.05, 3.63) is 54.4 Å². The lowest BCUT2D eigenvalue weighted by Gasteiger charge is -2.10. The smallest absolute Gasteiger partial charge is 0.178 e. The fourth-order valence-electron chi connectivity index (χ4n) is 1.23. The normalized spacial score (nSPS) is 9.93. The largest absolute Gasteiger partial charge is 0.293 e. The van der Waals surface area contributed by atoms with Crippen LogP contribution in [0.15, 0.2) is 48.7 Å². The van der Waals surface area contributed by atoms with Crippen LogP contribution < -0.4 is 0 Å². The molecule has 0 saturated heterocycles.